The first-order valence-corrected chi connectivity index (χ1v) is 8.67. The molecular weight excluding hydrogens is 387 g/mol. The molecular formula is C17H13ClF3N3OS. The molecule has 0 radical (unpaired) electrons. The fourth-order valence-electron chi connectivity index (χ4n) is 2.04. The third-order valence-corrected chi connectivity index (χ3v) is 4.45. The lowest BCUT2D eigenvalue weighted by atomic mass is 10.2. The van der Waals surface area contributed by atoms with E-state index in [4.69, 9.17) is 16.9 Å². The van der Waals surface area contributed by atoms with E-state index in [1.54, 1.807) is 24.3 Å². The standard InChI is InChI=1S/C17H13ClF3N3OS/c18-13-6-5-11(9-12(13)17(19,20)21)23-10-16(25)24-14-3-1-2-4-15(14)26-8-7-22/h1-6,9,23H,8,10H2,(H,24,25). The highest BCUT2D eigenvalue weighted by atomic mass is 35.5. The van der Waals surface area contributed by atoms with E-state index in [9.17, 15) is 18.0 Å². The van der Waals surface area contributed by atoms with Gasteiger partial charge in [-0.2, -0.15) is 18.4 Å². The highest BCUT2D eigenvalue weighted by molar-refractivity contribution is 7.99. The molecule has 2 aromatic carbocycles. The van der Waals surface area contributed by atoms with E-state index in [-0.39, 0.29) is 18.0 Å². The van der Waals surface area contributed by atoms with Crippen LogP contribution in [0.25, 0.3) is 0 Å². The fourth-order valence-corrected chi connectivity index (χ4v) is 2.93. The molecule has 0 bridgehead atoms. The number of thioether (sulfide) groups is 1. The summed E-state index contributed by atoms with van der Waals surface area (Å²) in [6.07, 6.45) is -4.58. The van der Waals surface area contributed by atoms with Gasteiger partial charge in [-0.3, -0.25) is 4.79 Å². The quantitative estimate of drug-likeness (QED) is 0.669. The first kappa shape index (κ1) is 19.9. The summed E-state index contributed by atoms with van der Waals surface area (Å²) in [5.41, 5.74) is -0.307. The lowest BCUT2D eigenvalue weighted by molar-refractivity contribution is -0.137. The van der Waals surface area contributed by atoms with Gasteiger partial charge in [-0.15, -0.1) is 11.8 Å². The number of alkyl halides is 3. The minimum absolute atomic E-state index is 0.129. The van der Waals surface area contributed by atoms with Crippen LogP contribution in [0.5, 0.6) is 0 Å². The van der Waals surface area contributed by atoms with Gasteiger partial charge in [-0.25, -0.2) is 0 Å². The summed E-state index contributed by atoms with van der Waals surface area (Å²) in [6, 6.07) is 12.3. The number of nitrogens with one attached hydrogen (secondary N) is 2. The third-order valence-electron chi connectivity index (χ3n) is 3.18. The van der Waals surface area contributed by atoms with Gasteiger partial charge in [-0.05, 0) is 30.3 Å². The van der Waals surface area contributed by atoms with Crippen LogP contribution in [0, 0.1) is 11.3 Å². The smallest absolute Gasteiger partial charge is 0.376 e. The normalized spacial score (nSPS) is 10.9. The summed E-state index contributed by atoms with van der Waals surface area (Å²) in [7, 11) is 0. The summed E-state index contributed by atoms with van der Waals surface area (Å²) in [4.78, 5) is 12.8. The summed E-state index contributed by atoms with van der Waals surface area (Å²) in [5.74, 6) is -0.200. The molecule has 2 N–H and O–H groups in total. The van der Waals surface area contributed by atoms with E-state index < -0.39 is 22.7 Å². The van der Waals surface area contributed by atoms with Gasteiger partial charge in [0.05, 0.1) is 34.6 Å². The van der Waals surface area contributed by atoms with E-state index >= 15 is 0 Å². The maximum Gasteiger partial charge on any atom is 0.417 e. The van der Waals surface area contributed by atoms with Gasteiger partial charge in [0.1, 0.15) is 0 Å². The molecule has 0 heterocycles. The predicted octanol–water partition coefficient (Wildman–Crippen LogP) is 5.03. The topological polar surface area (TPSA) is 64.9 Å². The summed E-state index contributed by atoms with van der Waals surface area (Å²) in [6.45, 7) is -0.226. The first-order valence-electron chi connectivity index (χ1n) is 7.30. The van der Waals surface area contributed by atoms with Crippen molar-refractivity contribution in [2.24, 2.45) is 0 Å². The molecule has 1 amide bonds. The Morgan fingerprint density at radius 2 is 1.96 bits per heavy atom. The molecule has 9 heteroatoms. The van der Waals surface area contributed by atoms with E-state index in [0.29, 0.717) is 5.69 Å². The van der Waals surface area contributed by atoms with E-state index in [1.807, 2.05) is 6.07 Å². The van der Waals surface area contributed by atoms with Gasteiger partial charge in [0.25, 0.3) is 0 Å². The third kappa shape index (κ3) is 5.58. The number of para-hydroxylation sites is 1. The van der Waals surface area contributed by atoms with Gasteiger partial charge in [-0.1, -0.05) is 23.7 Å². The van der Waals surface area contributed by atoms with Crippen LogP contribution in [-0.2, 0) is 11.0 Å². The Morgan fingerprint density at radius 1 is 1.23 bits per heavy atom. The second kappa shape index (κ2) is 8.83. The zero-order valence-corrected chi connectivity index (χ0v) is 14.8. The number of nitriles is 1. The second-order valence-corrected chi connectivity index (χ2v) is 6.46. The maximum atomic E-state index is 12.8. The monoisotopic (exact) mass is 399 g/mol. The number of carbonyl (C=O) groups is 1. The minimum Gasteiger partial charge on any atom is -0.376 e. The number of hydrogen-bond acceptors (Lipinski definition) is 4. The van der Waals surface area contributed by atoms with Crippen molar-refractivity contribution < 1.29 is 18.0 Å². The number of anilines is 2. The summed E-state index contributed by atoms with van der Waals surface area (Å²) >= 11 is 6.83. The molecule has 0 aliphatic carbocycles. The molecule has 0 atom stereocenters. The van der Waals surface area contributed by atoms with Crippen LogP contribution in [-0.4, -0.2) is 18.2 Å². The SMILES string of the molecule is N#CCSc1ccccc1NC(=O)CNc1ccc(Cl)c(C(F)(F)F)c1. The molecule has 0 aliphatic heterocycles. The van der Waals surface area contributed by atoms with E-state index in [2.05, 4.69) is 10.6 Å². The number of rotatable bonds is 6. The largest absolute Gasteiger partial charge is 0.417 e. The molecule has 0 aliphatic rings. The van der Waals surface area contributed by atoms with Crippen LogP contribution >= 0.6 is 23.4 Å². The molecule has 0 fully saturated rings. The van der Waals surface area contributed by atoms with Crippen LogP contribution in [0.2, 0.25) is 5.02 Å². The number of benzene rings is 2. The Morgan fingerprint density at radius 3 is 2.65 bits per heavy atom. The van der Waals surface area contributed by atoms with Gasteiger partial charge in [0.15, 0.2) is 0 Å². The minimum atomic E-state index is -4.58. The van der Waals surface area contributed by atoms with Crippen LogP contribution in [0.3, 0.4) is 0 Å². The molecule has 26 heavy (non-hydrogen) atoms. The van der Waals surface area contributed by atoms with Crippen molar-refractivity contribution in [2.75, 3.05) is 22.9 Å². The summed E-state index contributed by atoms with van der Waals surface area (Å²) in [5, 5.41) is 13.5. The first-order chi connectivity index (χ1) is 12.3. The zero-order valence-electron chi connectivity index (χ0n) is 13.2. The average molecular weight is 400 g/mol. The highest BCUT2D eigenvalue weighted by Crippen LogP contribution is 2.36. The number of hydrogen-bond donors (Lipinski definition) is 2. The van der Waals surface area contributed by atoms with Gasteiger partial charge < -0.3 is 10.6 Å². The molecule has 0 saturated carbocycles. The van der Waals surface area contributed by atoms with Crippen molar-refractivity contribution >= 4 is 40.6 Å². The van der Waals surface area contributed by atoms with E-state index in [1.165, 1.54) is 17.8 Å². The Balaban J connectivity index is 2.01. The fraction of sp³-hybridized carbons (Fsp3) is 0.176. The van der Waals surface area contributed by atoms with Crippen LogP contribution in [0.4, 0.5) is 24.5 Å². The van der Waals surface area contributed by atoms with Gasteiger partial charge in [0.2, 0.25) is 5.91 Å². The molecule has 2 rings (SSSR count). The van der Waals surface area contributed by atoms with Gasteiger partial charge in [0, 0.05) is 10.6 Å². The van der Waals surface area contributed by atoms with Crippen molar-refractivity contribution in [2.45, 2.75) is 11.1 Å². The Bertz CT molecular complexity index is 837. The molecule has 0 saturated heterocycles. The van der Waals surface area contributed by atoms with Gasteiger partial charge >= 0.3 is 6.18 Å². The van der Waals surface area contributed by atoms with Crippen molar-refractivity contribution in [3.63, 3.8) is 0 Å². The molecule has 136 valence electrons. The maximum absolute atomic E-state index is 12.8. The lowest BCUT2D eigenvalue weighted by Gasteiger charge is -2.13. The highest BCUT2D eigenvalue weighted by Gasteiger charge is 2.33. The average Bonchev–Trinajstić information content (AvgIpc) is 2.59. The Kier molecular flexibility index (Phi) is 6.77. The van der Waals surface area contributed by atoms with Crippen molar-refractivity contribution in [1.29, 1.82) is 5.26 Å². The van der Waals surface area contributed by atoms with Crippen molar-refractivity contribution in [1.82, 2.24) is 0 Å². The van der Waals surface area contributed by atoms with Crippen LogP contribution in [0.15, 0.2) is 47.4 Å². The molecule has 0 aromatic heterocycles. The number of nitrogens with zero attached hydrogens (tertiary/aromatic N) is 1. The second-order valence-electron chi connectivity index (χ2n) is 5.04. The van der Waals surface area contributed by atoms with Crippen molar-refractivity contribution in [3.8, 4) is 6.07 Å². The molecule has 4 nitrogen and oxygen atoms in total. The zero-order chi connectivity index (χ0) is 19.2. The van der Waals surface area contributed by atoms with E-state index in [0.717, 1.165) is 17.0 Å². The molecule has 2 aromatic rings. The van der Waals surface area contributed by atoms with Crippen LogP contribution in [0.1, 0.15) is 5.56 Å². The summed E-state index contributed by atoms with van der Waals surface area (Å²) < 4.78 is 38.5. The molecule has 0 spiro atoms. The molecule has 0 unspecified atom stereocenters. The Labute approximate surface area is 157 Å². The lowest BCUT2D eigenvalue weighted by Crippen LogP contribution is -2.22. The number of carbonyl (C=O) groups excluding carboxylic acids is 1. The number of amides is 1. The Hall–Kier alpha value is -2.37. The predicted molar refractivity (Wildman–Crippen MR) is 96.4 cm³/mol. The number of halogens is 4. The van der Waals surface area contributed by atoms with Crippen molar-refractivity contribution in [3.05, 3.63) is 53.1 Å². The van der Waals surface area contributed by atoms with Crippen LogP contribution < -0.4 is 10.6 Å².